The van der Waals surface area contributed by atoms with Crippen LogP contribution in [0.25, 0.3) is 0 Å². The van der Waals surface area contributed by atoms with Gasteiger partial charge in [0.2, 0.25) is 6.79 Å². The number of rotatable bonds is 8. The summed E-state index contributed by atoms with van der Waals surface area (Å²) >= 11 is 1.87. The summed E-state index contributed by atoms with van der Waals surface area (Å²) in [5.41, 5.74) is 2.79. The highest BCUT2D eigenvalue weighted by Gasteiger charge is 2.23. The van der Waals surface area contributed by atoms with Gasteiger partial charge in [-0.05, 0) is 74.1 Å². The van der Waals surface area contributed by atoms with Gasteiger partial charge in [-0.15, -0.1) is 11.3 Å². The Morgan fingerprint density at radius 1 is 1.08 bits per heavy atom. The van der Waals surface area contributed by atoms with Gasteiger partial charge in [0, 0.05) is 24.5 Å². The lowest BCUT2D eigenvalue weighted by atomic mass is 10.1. The summed E-state index contributed by atoms with van der Waals surface area (Å²) in [7, 11) is 2.24. The molecule has 134 valence electrons. The SMILES string of the molecule is CN(CCCc1cccs1)CCCN1Cc2cc3c(cc2C1)OCO3. The van der Waals surface area contributed by atoms with E-state index < -0.39 is 0 Å². The Balaban J connectivity index is 1.16. The Morgan fingerprint density at radius 2 is 1.80 bits per heavy atom. The zero-order valence-electron chi connectivity index (χ0n) is 14.9. The molecule has 4 nitrogen and oxygen atoms in total. The number of hydrogen-bond acceptors (Lipinski definition) is 5. The first kappa shape index (κ1) is 16.9. The molecule has 0 spiro atoms. The lowest BCUT2D eigenvalue weighted by Crippen LogP contribution is -2.26. The summed E-state index contributed by atoms with van der Waals surface area (Å²) in [6.45, 7) is 5.93. The molecule has 0 saturated carbocycles. The smallest absolute Gasteiger partial charge is 0.231 e. The van der Waals surface area contributed by atoms with Crippen molar-refractivity contribution in [2.24, 2.45) is 0 Å². The fourth-order valence-corrected chi connectivity index (χ4v) is 4.42. The van der Waals surface area contributed by atoms with Crippen molar-refractivity contribution in [3.63, 3.8) is 0 Å². The standard InChI is InChI=1S/C20H26N2O2S/c1-21(7-2-5-18-6-3-10-25-18)8-4-9-22-13-16-11-19-20(24-15-23-19)12-17(16)14-22/h3,6,10-12H,2,4-5,7-9,13-15H2,1H3. The molecule has 3 heterocycles. The van der Waals surface area contributed by atoms with E-state index in [1.54, 1.807) is 0 Å². The number of ether oxygens (including phenoxy) is 2. The fourth-order valence-electron chi connectivity index (χ4n) is 3.67. The molecule has 2 aliphatic rings. The van der Waals surface area contributed by atoms with Gasteiger partial charge in [0.1, 0.15) is 0 Å². The number of aryl methyl sites for hydroxylation is 1. The molecule has 0 aliphatic carbocycles. The van der Waals surface area contributed by atoms with Gasteiger partial charge in [-0.1, -0.05) is 6.07 Å². The normalized spacial score (nSPS) is 15.9. The molecule has 0 atom stereocenters. The molecule has 0 unspecified atom stereocenters. The predicted octanol–water partition coefficient (Wildman–Crippen LogP) is 3.75. The van der Waals surface area contributed by atoms with Crippen LogP contribution >= 0.6 is 11.3 Å². The van der Waals surface area contributed by atoms with Crippen molar-refractivity contribution in [2.45, 2.75) is 32.4 Å². The maximum absolute atomic E-state index is 5.49. The summed E-state index contributed by atoms with van der Waals surface area (Å²) in [5.74, 6) is 1.82. The van der Waals surface area contributed by atoms with E-state index in [4.69, 9.17) is 9.47 Å². The fraction of sp³-hybridized carbons (Fsp3) is 0.500. The lowest BCUT2D eigenvalue weighted by Gasteiger charge is -2.19. The molecule has 0 radical (unpaired) electrons. The van der Waals surface area contributed by atoms with Crippen molar-refractivity contribution < 1.29 is 9.47 Å². The van der Waals surface area contributed by atoms with E-state index in [0.29, 0.717) is 6.79 Å². The van der Waals surface area contributed by atoms with E-state index in [2.05, 4.69) is 46.5 Å². The molecule has 0 saturated heterocycles. The van der Waals surface area contributed by atoms with Gasteiger partial charge >= 0.3 is 0 Å². The minimum Gasteiger partial charge on any atom is -0.454 e. The largest absolute Gasteiger partial charge is 0.454 e. The molecule has 5 heteroatoms. The van der Waals surface area contributed by atoms with Crippen LogP contribution in [-0.2, 0) is 19.5 Å². The Labute approximate surface area is 154 Å². The second-order valence-electron chi connectivity index (χ2n) is 7.02. The van der Waals surface area contributed by atoms with Gasteiger partial charge in [-0.2, -0.15) is 0 Å². The average molecular weight is 359 g/mol. The summed E-state index contributed by atoms with van der Waals surface area (Å²) < 4.78 is 11.0. The molecule has 25 heavy (non-hydrogen) atoms. The van der Waals surface area contributed by atoms with E-state index >= 15 is 0 Å². The van der Waals surface area contributed by atoms with Crippen LogP contribution in [0.5, 0.6) is 11.5 Å². The van der Waals surface area contributed by atoms with Crippen LogP contribution in [0.2, 0.25) is 0 Å². The van der Waals surface area contributed by atoms with Gasteiger partial charge < -0.3 is 14.4 Å². The monoisotopic (exact) mass is 358 g/mol. The lowest BCUT2D eigenvalue weighted by molar-refractivity contribution is 0.173. The van der Waals surface area contributed by atoms with Crippen molar-refractivity contribution in [1.29, 1.82) is 0 Å². The third kappa shape index (κ3) is 4.17. The van der Waals surface area contributed by atoms with Gasteiger partial charge in [-0.25, -0.2) is 0 Å². The van der Waals surface area contributed by atoms with Gasteiger partial charge in [0.15, 0.2) is 11.5 Å². The minimum atomic E-state index is 0.362. The van der Waals surface area contributed by atoms with Gasteiger partial charge in [-0.3, -0.25) is 4.90 Å². The number of hydrogen-bond donors (Lipinski definition) is 0. The molecule has 0 bridgehead atoms. The highest BCUT2D eigenvalue weighted by molar-refractivity contribution is 7.09. The highest BCUT2D eigenvalue weighted by Crippen LogP contribution is 2.37. The number of thiophene rings is 1. The van der Waals surface area contributed by atoms with Crippen molar-refractivity contribution in [3.05, 3.63) is 45.6 Å². The summed E-state index contributed by atoms with van der Waals surface area (Å²) in [6, 6.07) is 8.70. The summed E-state index contributed by atoms with van der Waals surface area (Å²) in [5, 5.41) is 2.17. The zero-order valence-corrected chi connectivity index (χ0v) is 15.7. The number of nitrogens with zero attached hydrogens (tertiary/aromatic N) is 2. The predicted molar refractivity (Wildman–Crippen MR) is 101 cm³/mol. The third-order valence-corrected chi connectivity index (χ3v) is 5.98. The van der Waals surface area contributed by atoms with E-state index in [0.717, 1.165) is 31.1 Å². The molecule has 1 aromatic carbocycles. The van der Waals surface area contributed by atoms with Crippen LogP contribution < -0.4 is 9.47 Å². The van der Waals surface area contributed by atoms with E-state index in [-0.39, 0.29) is 0 Å². The molecule has 0 amide bonds. The third-order valence-electron chi connectivity index (χ3n) is 5.04. The molecule has 2 aliphatic heterocycles. The van der Waals surface area contributed by atoms with Crippen molar-refractivity contribution >= 4 is 11.3 Å². The average Bonchev–Trinajstić information content (AvgIpc) is 3.32. The Kier molecular flexibility index (Phi) is 5.25. The topological polar surface area (TPSA) is 24.9 Å². The second-order valence-corrected chi connectivity index (χ2v) is 8.06. The first-order valence-electron chi connectivity index (χ1n) is 9.12. The van der Waals surface area contributed by atoms with Crippen molar-refractivity contribution in [1.82, 2.24) is 9.80 Å². The Bertz CT molecular complexity index is 669. The first-order valence-corrected chi connectivity index (χ1v) is 10.0. The maximum atomic E-state index is 5.49. The molecule has 4 rings (SSSR count). The van der Waals surface area contributed by atoms with Gasteiger partial charge in [0.25, 0.3) is 0 Å². The molecule has 1 aromatic heterocycles. The van der Waals surface area contributed by atoms with Gasteiger partial charge in [0.05, 0.1) is 0 Å². The van der Waals surface area contributed by atoms with Crippen LogP contribution in [0.15, 0.2) is 29.6 Å². The summed E-state index contributed by atoms with van der Waals surface area (Å²) in [6.07, 6.45) is 3.67. The van der Waals surface area contributed by atoms with Crippen LogP contribution in [0.1, 0.15) is 28.8 Å². The van der Waals surface area contributed by atoms with Crippen LogP contribution in [-0.4, -0.2) is 43.3 Å². The van der Waals surface area contributed by atoms with Crippen LogP contribution in [0, 0.1) is 0 Å². The molecular formula is C20H26N2O2S. The Hall–Kier alpha value is -1.56. The van der Waals surface area contributed by atoms with Crippen LogP contribution in [0.3, 0.4) is 0 Å². The maximum Gasteiger partial charge on any atom is 0.231 e. The number of benzene rings is 1. The zero-order chi connectivity index (χ0) is 17.1. The Morgan fingerprint density at radius 3 is 2.48 bits per heavy atom. The van der Waals surface area contributed by atoms with E-state index in [1.165, 1.54) is 48.4 Å². The molecule has 0 N–H and O–H groups in total. The first-order chi connectivity index (χ1) is 12.3. The van der Waals surface area contributed by atoms with Crippen molar-refractivity contribution in [3.8, 4) is 11.5 Å². The molecule has 0 fully saturated rings. The van der Waals surface area contributed by atoms with Crippen LogP contribution in [0.4, 0.5) is 0 Å². The summed E-state index contributed by atoms with van der Waals surface area (Å²) in [4.78, 5) is 6.50. The van der Waals surface area contributed by atoms with Crippen molar-refractivity contribution in [2.75, 3.05) is 33.5 Å². The van der Waals surface area contributed by atoms with E-state index in [9.17, 15) is 0 Å². The quantitative estimate of drug-likeness (QED) is 0.718. The highest BCUT2D eigenvalue weighted by atomic mass is 32.1. The molecule has 2 aromatic rings. The van der Waals surface area contributed by atoms with E-state index in [1.807, 2.05) is 11.3 Å². The second kappa shape index (κ2) is 7.77. The minimum absolute atomic E-state index is 0.362. The number of fused-ring (bicyclic) bond motifs is 2. The molecular weight excluding hydrogens is 332 g/mol.